The molecule has 0 aliphatic carbocycles. The number of ether oxygens (including phenoxy) is 1. The van der Waals surface area contributed by atoms with Gasteiger partial charge in [0.25, 0.3) is 0 Å². The van der Waals surface area contributed by atoms with Gasteiger partial charge in [-0.15, -0.1) is 0 Å². The van der Waals surface area contributed by atoms with Crippen molar-refractivity contribution in [2.45, 2.75) is 26.4 Å². The van der Waals surface area contributed by atoms with Crippen LogP contribution in [0.5, 0.6) is 0 Å². The molecule has 0 saturated heterocycles. The molecule has 4 heteroatoms. The van der Waals surface area contributed by atoms with Crippen molar-refractivity contribution >= 4 is 16.7 Å². The van der Waals surface area contributed by atoms with Crippen molar-refractivity contribution in [1.82, 2.24) is 4.98 Å². The lowest BCUT2D eigenvalue weighted by Gasteiger charge is -2.19. The van der Waals surface area contributed by atoms with Crippen molar-refractivity contribution in [2.24, 2.45) is 0 Å². The van der Waals surface area contributed by atoms with Crippen molar-refractivity contribution in [1.29, 1.82) is 0 Å². The number of halogens is 1. The summed E-state index contributed by atoms with van der Waals surface area (Å²) in [5.74, 6) is -0.850. The Hall–Kier alpha value is -1.97. The number of rotatable bonds is 1. The Balaban J connectivity index is 2.37. The van der Waals surface area contributed by atoms with Crippen LogP contribution in [0.4, 0.5) is 4.39 Å². The first kappa shape index (κ1) is 12.5. The molecule has 1 aromatic carbocycles. The van der Waals surface area contributed by atoms with Crippen LogP contribution in [0.25, 0.3) is 10.8 Å². The van der Waals surface area contributed by atoms with Gasteiger partial charge in [-0.2, -0.15) is 0 Å². The molecule has 0 radical (unpaired) electrons. The Morgan fingerprint density at radius 1 is 1.22 bits per heavy atom. The van der Waals surface area contributed by atoms with E-state index in [0.717, 1.165) is 5.39 Å². The topological polar surface area (TPSA) is 39.2 Å². The summed E-state index contributed by atoms with van der Waals surface area (Å²) in [4.78, 5) is 15.8. The van der Waals surface area contributed by atoms with Crippen LogP contribution in [0.15, 0.2) is 30.5 Å². The molecule has 0 saturated carbocycles. The first-order valence-electron chi connectivity index (χ1n) is 5.64. The fraction of sp³-hybridized carbons (Fsp3) is 0.286. The molecule has 0 spiro atoms. The molecule has 0 aliphatic rings. The molecule has 1 aromatic heterocycles. The maximum Gasteiger partial charge on any atom is 0.357 e. The molecule has 0 aliphatic heterocycles. The molecule has 1 heterocycles. The van der Waals surface area contributed by atoms with Gasteiger partial charge in [0.1, 0.15) is 17.1 Å². The first-order valence-corrected chi connectivity index (χ1v) is 5.64. The van der Waals surface area contributed by atoms with Crippen LogP contribution in [-0.4, -0.2) is 16.6 Å². The second-order valence-electron chi connectivity index (χ2n) is 5.06. The second-order valence-corrected chi connectivity index (χ2v) is 5.06. The number of benzene rings is 1. The molecule has 2 rings (SSSR count). The first-order chi connectivity index (χ1) is 8.35. The van der Waals surface area contributed by atoms with E-state index >= 15 is 0 Å². The Morgan fingerprint density at radius 3 is 2.61 bits per heavy atom. The van der Waals surface area contributed by atoms with Crippen LogP contribution in [0.1, 0.15) is 31.3 Å². The number of pyridine rings is 1. The third-order valence-electron chi connectivity index (χ3n) is 2.29. The highest BCUT2D eigenvalue weighted by molar-refractivity contribution is 5.93. The minimum Gasteiger partial charge on any atom is -0.455 e. The van der Waals surface area contributed by atoms with E-state index < -0.39 is 11.6 Å². The van der Waals surface area contributed by atoms with Gasteiger partial charge in [0.05, 0.1) is 0 Å². The van der Waals surface area contributed by atoms with E-state index in [-0.39, 0.29) is 11.5 Å². The van der Waals surface area contributed by atoms with Gasteiger partial charge in [0, 0.05) is 11.6 Å². The van der Waals surface area contributed by atoms with Gasteiger partial charge in [-0.1, -0.05) is 0 Å². The average molecular weight is 247 g/mol. The van der Waals surface area contributed by atoms with Gasteiger partial charge >= 0.3 is 5.97 Å². The molecular weight excluding hydrogens is 233 g/mol. The number of hydrogen-bond acceptors (Lipinski definition) is 3. The number of fused-ring (bicyclic) bond motifs is 1. The fourth-order valence-corrected chi connectivity index (χ4v) is 1.55. The third-order valence-corrected chi connectivity index (χ3v) is 2.29. The maximum atomic E-state index is 13.1. The molecular formula is C14H14FNO2. The van der Waals surface area contributed by atoms with Crippen LogP contribution in [0.2, 0.25) is 0 Å². The van der Waals surface area contributed by atoms with Crippen LogP contribution in [0, 0.1) is 5.82 Å². The lowest BCUT2D eigenvalue weighted by Crippen LogP contribution is -2.24. The Bertz CT molecular complexity index is 602. The summed E-state index contributed by atoms with van der Waals surface area (Å²) < 4.78 is 18.3. The zero-order chi connectivity index (χ0) is 13.3. The molecule has 0 amide bonds. The highest BCUT2D eigenvalue weighted by Crippen LogP contribution is 2.17. The molecule has 3 nitrogen and oxygen atoms in total. The largest absolute Gasteiger partial charge is 0.455 e. The monoisotopic (exact) mass is 247 g/mol. The number of nitrogens with zero attached hydrogens (tertiary/aromatic N) is 1. The zero-order valence-electron chi connectivity index (χ0n) is 10.5. The van der Waals surface area contributed by atoms with Crippen molar-refractivity contribution in [3.63, 3.8) is 0 Å². The minimum absolute atomic E-state index is 0.183. The van der Waals surface area contributed by atoms with Crippen molar-refractivity contribution < 1.29 is 13.9 Å². The van der Waals surface area contributed by atoms with Gasteiger partial charge in [0.2, 0.25) is 0 Å². The van der Waals surface area contributed by atoms with Gasteiger partial charge in [-0.3, -0.25) is 0 Å². The molecule has 0 unspecified atom stereocenters. The van der Waals surface area contributed by atoms with E-state index in [0.29, 0.717) is 5.39 Å². The van der Waals surface area contributed by atoms with Crippen LogP contribution >= 0.6 is 0 Å². The second kappa shape index (κ2) is 4.37. The molecule has 18 heavy (non-hydrogen) atoms. The van der Waals surface area contributed by atoms with E-state index in [1.807, 2.05) is 0 Å². The van der Waals surface area contributed by atoms with Gasteiger partial charge < -0.3 is 4.74 Å². The summed E-state index contributed by atoms with van der Waals surface area (Å²) in [7, 11) is 0. The third kappa shape index (κ3) is 2.83. The van der Waals surface area contributed by atoms with Gasteiger partial charge in [-0.25, -0.2) is 14.2 Å². The lowest BCUT2D eigenvalue weighted by atomic mass is 10.1. The molecule has 0 bridgehead atoms. The maximum absolute atomic E-state index is 13.1. The van der Waals surface area contributed by atoms with Crippen molar-refractivity contribution in [3.8, 4) is 0 Å². The summed E-state index contributed by atoms with van der Waals surface area (Å²) in [6.45, 7) is 5.35. The number of aromatic nitrogens is 1. The van der Waals surface area contributed by atoms with Crippen molar-refractivity contribution in [3.05, 3.63) is 42.0 Å². The predicted molar refractivity (Wildman–Crippen MR) is 66.9 cm³/mol. The molecule has 0 N–H and O–H groups in total. The minimum atomic E-state index is -0.574. The Kier molecular flexibility index (Phi) is 3.03. The molecule has 0 fully saturated rings. The molecule has 0 atom stereocenters. The quantitative estimate of drug-likeness (QED) is 0.725. The summed E-state index contributed by atoms with van der Waals surface area (Å²) in [6.07, 6.45) is 1.54. The van der Waals surface area contributed by atoms with Gasteiger partial charge in [0.15, 0.2) is 0 Å². The van der Waals surface area contributed by atoms with E-state index in [1.54, 1.807) is 26.8 Å². The van der Waals surface area contributed by atoms with Crippen LogP contribution < -0.4 is 0 Å². The Labute approximate surface area is 105 Å². The summed E-state index contributed by atoms with van der Waals surface area (Å²) in [5.41, 5.74) is -0.390. The summed E-state index contributed by atoms with van der Waals surface area (Å²) >= 11 is 0. The number of hydrogen-bond donors (Lipinski definition) is 0. The molecule has 2 aromatic rings. The zero-order valence-corrected chi connectivity index (χ0v) is 10.5. The van der Waals surface area contributed by atoms with Crippen LogP contribution in [-0.2, 0) is 4.74 Å². The van der Waals surface area contributed by atoms with Gasteiger partial charge in [-0.05, 0) is 50.4 Å². The van der Waals surface area contributed by atoms with Crippen molar-refractivity contribution in [2.75, 3.05) is 0 Å². The van der Waals surface area contributed by atoms with E-state index in [4.69, 9.17) is 4.74 Å². The number of carbonyl (C=O) groups excluding carboxylic acids is 1. The smallest absolute Gasteiger partial charge is 0.357 e. The van der Waals surface area contributed by atoms with E-state index in [2.05, 4.69) is 4.98 Å². The summed E-state index contributed by atoms with van der Waals surface area (Å²) in [6, 6.07) is 5.88. The fourth-order valence-electron chi connectivity index (χ4n) is 1.55. The standard InChI is InChI=1S/C14H14FNO2/c1-14(2,3)18-13(17)12-7-10-6-11(15)5-4-9(10)8-16-12/h4-8H,1-3H3. The number of esters is 1. The SMILES string of the molecule is CC(C)(C)OC(=O)c1cc2cc(F)ccc2cn1. The van der Waals surface area contributed by atoms with Crippen LogP contribution in [0.3, 0.4) is 0 Å². The Morgan fingerprint density at radius 2 is 1.94 bits per heavy atom. The highest BCUT2D eigenvalue weighted by Gasteiger charge is 2.19. The van der Waals surface area contributed by atoms with E-state index in [1.165, 1.54) is 24.4 Å². The summed E-state index contributed by atoms with van der Waals surface area (Å²) in [5, 5.41) is 1.41. The molecule has 94 valence electrons. The number of carbonyl (C=O) groups is 1. The lowest BCUT2D eigenvalue weighted by molar-refractivity contribution is 0.00631. The predicted octanol–water partition coefficient (Wildman–Crippen LogP) is 3.33. The highest BCUT2D eigenvalue weighted by atomic mass is 19.1. The average Bonchev–Trinajstić information content (AvgIpc) is 2.25. The van der Waals surface area contributed by atoms with E-state index in [9.17, 15) is 9.18 Å². The normalized spacial score (nSPS) is 11.6.